The third kappa shape index (κ3) is 3.94. The molecule has 0 amide bonds. The molecule has 0 radical (unpaired) electrons. The average molecular weight is 496 g/mol. The van der Waals surface area contributed by atoms with Crippen molar-refractivity contribution in [1.82, 2.24) is 25.1 Å². The number of allylic oxidation sites excluding steroid dienone is 1. The largest absolute Gasteiger partial charge is 0.507 e. The summed E-state index contributed by atoms with van der Waals surface area (Å²) in [5.41, 5.74) is 3.29. The molecule has 2 bridgehead atoms. The van der Waals surface area contributed by atoms with E-state index in [2.05, 4.69) is 26.6 Å². The van der Waals surface area contributed by atoms with E-state index < -0.39 is 12.0 Å². The molecule has 0 spiro atoms. The van der Waals surface area contributed by atoms with Gasteiger partial charge in [-0.1, -0.05) is 23.9 Å². The van der Waals surface area contributed by atoms with Gasteiger partial charge in [-0.2, -0.15) is 0 Å². The number of piperidine rings is 1. The van der Waals surface area contributed by atoms with Crippen molar-refractivity contribution in [2.75, 3.05) is 5.75 Å². The lowest BCUT2D eigenvalue weighted by Crippen LogP contribution is -2.43. The summed E-state index contributed by atoms with van der Waals surface area (Å²) in [6, 6.07) is 7.42. The van der Waals surface area contributed by atoms with E-state index in [0.29, 0.717) is 51.8 Å². The second-order valence-corrected chi connectivity index (χ2v) is 10.4. The summed E-state index contributed by atoms with van der Waals surface area (Å²) in [5, 5.41) is 23.2. The maximum atomic E-state index is 14.2. The zero-order valence-corrected chi connectivity index (χ0v) is 19.7. The summed E-state index contributed by atoms with van der Waals surface area (Å²) in [7, 11) is 1.68. The molecule has 180 valence electrons. The number of pyridine rings is 1. The van der Waals surface area contributed by atoms with Crippen molar-refractivity contribution in [3.63, 3.8) is 0 Å². The van der Waals surface area contributed by atoms with Crippen LogP contribution in [0.5, 0.6) is 5.75 Å². The van der Waals surface area contributed by atoms with E-state index in [1.54, 1.807) is 37.5 Å². The van der Waals surface area contributed by atoms with Crippen LogP contribution in [0.2, 0.25) is 0 Å². The molecule has 6 rings (SSSR count). The molecule has 2 fully saturated rings. The molecule has 1 aromatic carbocycles. The number of thioether (sulfide) groups is 1. The Morgan fingerprint density at radius 1 is 1.17 bits per heavy atom. The zero-order valence-electron chi connectivity index (χ0n) is 18.9. The van der Waals surface area contributed by atoms with Crippen molar-refractivity contribution >= 4 is 17.3 Å². The number of phenolic OH excluding ortho intramolecular Hbond substituents is 1. The number of aryl methyl sites for hydroxylation is 1. The van der Waals surface area contributed by atoms with Gasteiger partial charge in [-0.25, -0.2) is 13.8 Å². The number of hydrogen-bond donors (Lipinski definition) is 2. The van der Waals surface area contributed by atoms with Gasteiger partial charge < -0.3 is 15.0 Å². The number of aromatic hydroxyl groups is 1. The third-order valence-corrected chi connectivity index (χ3v) is 8.01. The number of alkyl halides is 2. The number of fused-ring (bicyclic) bond motifs is 3. The first kappa shape index (κ1) is 22.4. The molecule has 0 unspecified atom stereocenters. The molecule has 5 heterocycles. The smallest absolute Gasteiger partial charge is 0.264 e. The molecule has 2 saturated heterocycles. The highest BCUT2D eigenvalue weighted by atomic mass is 32.2. The summed E-state index contributed by atoms with van der Waals surface area (Å²) >= 11 is 1.52. The fourth-order valence-corrected chi connectivity index (χ4v) is 6.18. The van der Waals surface area contributed by atoms with Crippen molar-refractivity contribution in [2.24, 2.45) is 13.0 Å². The van der Waals surface area contributed by atoms with E-state index in [9.17, 15) is 18.7 Å². The molecule has 3 aliphatic heterocycles. The molecule has 0 saturated carbocycles. The maximum Gasteiger partial charge on any atom is 0.264 e. The Kier molecular flexibility index (Phi) is 5.26. The van der Waals surface area contributed by atoms with Crippen LogP contribution in [0.3, 0.4) is 0 Å². The van der Waals surface area contributed by atoms with E-state index in [-0.39, 0.29) is 29.7 Å². The lowest BCUT2D eigenvalue weighted by atomic mass is 9.84. The number of phenols is 1. The van der Waals surface area contributed by atoms with Crippen molar-refractivity contribution in [1.29, 1.82) is 0 Å². The number of hydrogen-bond acceptors (Lipinski definition) is 7. The summed E-state index contributed by atoms with van der Waals surface area (Å²) in [5.74, 6) is -1.71. The highest BCUT2D eigenvalue weighted by Gasteiger charge is 2.53. The Bertz CT molecular complexity index is 1420. The molecule has 7 nitrogen and oxygen atoms in total. The molecular weight excluding hydrogens is 472 g/mol. The minimum Gasteiger partial charge on any atom is -0.507 e. The quantitative estimate of drug-likeness (QED) is 0.570. The Morgan fingerprint density at radius 3 is 2.77 bits per heavy atom. The van der Waals surface area contributed by atoms with E-state index in [4.69, 9.17) is 0 Å². The summed E-state index contributed by atoms with van der Waals surface area (Å²) < 4.78 is 29.9. The van der Waals surface area contributed by atoms with Crippen LogP contribution >= 0.6 is 11.8 Å². The van der Waals surface area contributed by atoms with Gasteiger partial charge in [0.1, 0.15) is 16.5 Å². The molecule has 2 N–H and O–H groups in total. The third-order valence-electron chi connectivity index (χ3n) is 7.12. The Labute approximate surface area is 204 Å². The number of nitrogens with one attached hydrogen (secondary N) is 1. The van der Waals surface area contributed by atoms with Crippen LogP contribution in [-0.2, 0) is 7.05 Å². The van der Waals surface area contributed by atoms with E-state index in [1.165, 1.54) is 22.4 Å². The molecule has 35 heavy (non-hydrogen) atoms. The van der Waals surface area contributed by atoms with Crippen LogP contribution < -0.4 is 10.9 Å². The summed E-state index contributed by atoms with van der Waals surface area (Å²) in [6.07, 6.45) is 4.65. The van der Waals surface area contributed by atoms with Crippen LogP contribution in [0.1, 0.15) is 25.0 Å². The molecule has 3 atom stereocenters. The first-order valence-corrected chi connectivity index (χ1v) is 12.5. The van der Waals surface area contributed by atoms with Gasteiger partial charge in [-0.3, -0.25) is 4.79 Å². The Morgan fingerprint density at radius 2 is 2.00 bits per heavy atom. The van der Waals surface area contributed by atoms with Crippen LogP contribution in [0.25, 0.3) is 28.1 Å². The Hall–Kier alpha value is -3.11. The van der Waals surface area contributed by atoms with Gasteiger partial charge in [0.25, 0.3) is 11.5 Å². The molecule has 3 aliphatic rings. The van der Waals surface area contributed by atoms with Crippen LogP contribution in [0.4, 0.5) is 8.78 Å². The van der Waals surface area contributed by atoms with Gasteiger partial charge in [0.05, 0.1) is 11.6 Å². The first-order valence-electron chi connectivity index (χ1n) is 11.5. The Balaban J connectivity index is 1.29. The van der Waals surface area contributed by atoms with Crippen molar-refractivity contribution in [3.05, 3.63) is 58.7 Å². The van der Waals surface area contributed by atoms with Gasteiger partial charge in [0.2, 0.25) is 0 Å². The van der Waals surface area contributed by atoms with Gasteiger partial charge in [-0.05, 0) is 53.7 Å². The van der Waals surface area contributed by atoms with E-state index >= 15 is 0 Å². The van der Waals surface area contributed by atoms with Gasteiger partial charge in [0, 0.05) is 37.5 Å². The number of nitrogens with zero attached hydrogens (tertiary/aromatic N) is 4. The maximum absolute atomic E-state index is 14.2. The molecular formula is C25H23F2N5O2S. The first-order chi connectivity index (χ1) is 16.8. The number of rotatable bonds is 3. The van der Waals surface area contributed by atoms with E-state index in [1.807, 2.05) is 0 Å². The highest BCUT2D eigenvalue weighted by molar-refractivity contribution is 7.99. The minimum atomic E-state index is -2.67. The zero-order chi connectivity index (χ0) is 24.3. The normalized spacial score (nSPS) is 24.7. The summed E-state index contributed by atoms with van der Waals surface area (Å²) in [6.45, 7) is 0. The van der Waals surface area contributed by atoms with Crippen LogP contribution in [0.15, 0.2) is 52.4 Å². The standard InChI is InChI=1S/C25H23F2N5O2S/c1-32-6-4-14(11-21(32)34)13-2-3-18(19(33)9-13)23-29-24-22(30-31-23)17(5-7-35-24)15-8-16-12-25(26,27)20(10-15)28-16/h2-6,9,11,15-16,20,28,33H,7-8,10,12H2,1H3/t15-,16+,20-/m1/s1. The summed E-state index contributed by atoms with van der Waals surface area (Å²) in [4.78, 5) is 16.6. The van der Waals surface area contributed by atoms with Crippen LogP contribution in [-0.4, -0.2) is 48.6 Å². The fraction of sp³-hybridized carbons (Fsp3) is 0.360. The van der Waals surface area contributed by atoms with Crippen molar-refractivity contribution in [3.8, 4) is 28.3 Å². The van der Waals surface area contributed by atoms with Gasteiger partial charge in [0.15, 0.2) is 5.82 Å². The highest BCUT2D eigenvalue weighted by Crippen LogP contribution is 2.47. The second-order valence-electron chi connectivity index (χ2n) is 9.41. The lowest BCUT2D eigenvalue weighted by molar-refractivity contribution is -0.0133. The monoisotopic (exact) mass is 495 g/mol. The molecule has 3 aromatic rings. The lowest BCUT2D eigenvalue weighted by Gasteiger charge is -2.32. The second kappa shape index (κ2) is 8.23. The average Bonchev–Trinajstić information content (AvgIpc) is 3.05. The van der Waals surface area contributed by atoms with Gasteiger partial charge in [-0.15, -0.1) is 10.2 Å². The molecule has 2 aromatic heterocycles. The van der Waals surface area contributed by atoms with Gasteiger partial charge >= 0.3 is 0 Å². The molecule has 0 aliphatic carbocycles. The predicted octanol–water partition coefficient (Wildman–Crippen LogP) is 3.87. The number of aromatic nitrogens is 4. The molecule has 10 heteroatoms. The number of halogens is 2. The predicted molar refractivity (Wildman–Crippen MR) is 129 cm³/mol. The number of benzene rings is 1. The SMILES string of the molecule is Cn1ccc(-c2ccc(-c3nnc4c(n3)SCC=C4[C@@H]3C[C@H]4CC(F)(F)[C@@H](C3)N4)c(O)c2)cc1=O. The van der Waals surface area contributed by atoms with Crippen LogP contribution in [0, 0.1) is 5.92 Å². The topological polar surface area (TPSA) is 92.9 Å². The van der Waals surface area contributed by atoms with E-state index in [0.717, 1.165) is 5.57 Å². The minimum absolute atomic E-state index is 0.00695. The fourth-order valence-electron chi connectivity index (χ4n) is 5.31. The van der Waals surface area contributed by atoms with Crippen molar-refractivity contribution in [2.45, 2.75) is 42.3 Å². The van der Waals surface area contributed by atoms with Crippen molar-refractivity contribution < 1.29 is 13.9 Å².